The topological polar surface area (TPSA) is 120 Å². The maximum absolute atomic E-state index is 11.6. The Bertz CT molecular complexity index is 579. The molecule has 1 amide bonds. The number of amides is 1. The largest absolute Gasteiger partial charge is 0.480 e. The summed E-state index contributed by atoms with van der Waals surface area (Å²) in [6, 6.07) is 4.57. The molecule has 1 aromatic rings. The number of carboxylic acid groups (broad SMARTS) is 2. The molecule has 0 aliphatic heterocycles. The number of nitrogens with zero attached hydrogens (tertiary/aromatic N) is 2. The first-order valence-electron chi connectivity index (χ1n) is 8.78. The normalized spacial score (nSPS) is 11.9. The Morgan fingerprint density at radius 1 is 1.23 bits per heavy atom. The minimum atomic E-state index is -1.05. The molecule has 8 heteroatoms. The van der Waals surface area contributed by atoms with Gasteiger partial charge in [0.2, 0.25) is 5.91 Å². The first kappa shape index (κ1) is 21.6. The smallest absolute Gasteiger partial charge is 0.326 e. The van der Waals surface area contributed by atoms with Gasteiger partial charge in [0.1, 0.15) is 6.04 Å². The molecule has 3 N–H and O–H groups in total. The molecule has 1 aromatic heterocycles. The van der Waals surface area contributed by atoms with Crippen LogP contribution in [0.5, 0.6) is 0 Å². The second-order valence-corrected chi connectivity index (χ2v) is 6.13. The SMILES string of the molecule is CCCC(=O)NC(CCCCN(CC(=O)O)Cc1ccccn1)C(=O)O. The van der Waals surface area contributed by atoms with Crippen molar-refractivity contribution in [2.24, 2.45) is 0 Å². The number of rotatable bonds is 13. The van der Waals surface area contributed by atoms with Crippen LogP contribution in [0, 0.1) is 0 Å². The molecule has 0 saturated heterocycles. The summed E-state index contributed by atoms with van der Waals surface area (Å²) < 4.78 is 0. The van der Waals surface area contributed by atoms with Crippen molar-refractivity contribution in [2.45, 2.75) is 51.6 Å². The van der Waals surface area contributed by atoms with E-state index >= 15 is 0 Å². The summed E-state index contributed by atoms with van der Waals surface area (Å²) in [6.45, 7) is 2.68. The van der Waals surface area contributed by atoms with E-state index in [0.717, 1.165) is 5.69 Å². The minimum absolute atomic E-state index is 0.105. The maximum Gasteiger partial charge on any atom is 0.326 e. The highest BCUT2D eigenvalue weighted by Gasteiger charge is 2.19. The molecule has 1 atom stereocenters. The number of hydrogen-bond acceptors (Lipinski definition) is 5. The van der Waals surface area contributed by atoms with Gasteiger partial charge in [-0.2, -0.15) is 0 Å². The molecular weight excluding hydrogens is 338 g/mol. The average molecular weight is 365 g/mol. The molecule has 0 fully saturated rings. The fourth-order valence-electron chi connectivity index (χ4n) is 2.56. The van der Waals surface area contributed by atoms with Crippen LogP contribution >= 0.6 is 0 Å². The van der Waals surface area contributed by atoms with Crippen LogP contribution in [0.3, 0.4) is 0 Å². The van der Waals surface area contributed by atoms with Crippen molar-refractivity contribution < 1.29 is 24.6 Å². The van der Waals surface area contributed by atoms with Gasteiger partial charge in [-0.25, -0.2) is 4.79 Å². The third kappa shape index (κ3) is 9.12. The molecule has 0 aliphatic carbocycles. The van der Waals surface area contributed by atoms with Crippen molar-refractivity contribution in [1.29, 1.82) is 0 Å². The molecule has 1 unspecified atom stereocenters. The van der Waals surface area contributed by atoms with Gasteiger partial charge < -0.3 is 15.5 Å². The summed E-state index contributed by atoms with van der Waals surface area (Å²) in [5.41, 5.74) is 0.781. The number of nitrogens with one attached hydrogen (secondary N) is 1. The van der Waals surface area contributed by atoms with Crippen molar-refractivity contribution in [3.8, 4) is 0 Å². The van der Waals surface area contributed by atoms with Crippen molar-refractivity contribution in [3.05, 3.63) is 30.1 Å². The molecule has 0 saturated carbocycles. The molecule has 144 valence electrons. The molecule has 0 bridgehead atoms. The molecule has 26 heavy (non-hydrogen) atoms. The second-order valence-electron chi connectivity index (χ2n) is 6.13. The minimum Gasteiger partial charge on any atom is -0.480 e. The summed E-state index contributed by atoms with van der Waals surface area (Å²) in [5, 5.41) is 20.8. The van der Waals surface area contributed by atoms with E-state index in [9.17, 15) is 19.5 Å². The van der Waals surface area contributed by atoms with E-state index in [2.05, 4.69) is 10.3 Å². The van der Waals surface area contributed by atoms with Crippen LogP contribution in [0.2, 0.25) is 0 Å². The molecule has 0 spiro atoms. The van der Waals surface area contributed by atoms with E-state index in [-0.39, 0.29) is 12.5 Å². The van der Waals surface area contributed by atoms with Gasteiger partial charge in [-0.05, 0) is 44.4 Å². The Labute approximate surface area is 153 Å². The lowest BCUT2D eigenvalue weighted by atomic mass is 10.1. The van der Waals surface area contributed by atoms with Crippen LogP contribution < -0.4 is 5.32 Å². The van der Waals surface area contributed by atoms with Crippen LogP contribution in [-0.4, -0.2) is 57.1 Å². The van der Waals surface area contributed by atoms with Crippen molar-refractivity contribution in [3.63, 3.8) is 0 Å². The zero-order valence-corrected chi connectivity index (χ0v) is 15.1. The highest BCUT2D eigenvalue weighted by atomic mass is 16.4. The van der Waals surface area contributed by atoms with Crippen LogP contribution in [-0.2, 0) is 20.9 Å². The van der Waals surface area contributed by atoms with Crippen molar-refractivity contribution in [2.75, 3.05) is 13.1 Å². The Balaban J connectivity index is 2.45. The Morgan fingerprint density at radius 2 is 2.00 bits per heavy atom. The lowest BCUT2D eigenvalue weighted by Crippen LogP contribution is -2.40. The monoisotopic (exact) mass is 365 g/mol. The van der Waals surface area contributed by atoms with Gasteiger partial charge in [-0.15, -0.1) is 0 Å². The molecule has 0 aliphatic rings. The summed E-state index contributed by atoms with van der Waals surface area (Å²) >= 11 is 0. The number of carboxylic acids is 2. The molecule has 0 aromatic carbocycles. The first-order valence-corrected chi connectivity index (χ1v) is 8.78. The molecule has 0 radical (unpaired) electrons. The van der Waals surface area contributed by atoms with Crippen molar-refractivity contribution >= 4 is 17.8 Å². The first-order chi connectivity index (χ1) is 12.4. The Kier molecular flexibility index (Phi) is 9.93. The van der Waals surface area contributed by atoms with Gasteiger partial charge in [0.15, 0.2) is 0 Å². The van der Waals surface area contributed by atoms with Crippen LogP contribution in [0.15, 0.2) is 24.4 Å². The van der Waals surface area contributed by atoms with Crippen molar-refractivity contribution in [1.82, 2.24) is 15.2 Å². The number of carbonyl (C=O) groups excluding carboxylic acids is 1. The van der Waals surface area contributed by atoms with E-state index in [4.69, 9.17) is 5.11 Å². The standard InChI is InChI=1S/C18H27N3O5/c1-2-7-16(22)20-15(18(25)26)9-4-6-11-21(13-17(23)24)12-14-8-3-5-10-19-14/h3,5,8,10,15H,2,4,6-7,9,11-13H2,1H3,(H,20,22)(H,23,24)(H,25,26). The lowest BCUT2D eigenvalue weighted by molar-refractivity contribution is -0.142. The quantitative estimate of drug-likeness (QED) is 0.453. The number of unbranched alkanes of at least 4 members (excludes halogenated alkanes) is 1. The molecule has 8 nitrogen and oxygen atoms in total. The highest BCUT2D eigenvalue weighted by molar-refractivity contribution is 5.83. The number of aliphatic carboxylic acids is 2. The van der Waals surface area contributed by atoms with Crippen LogP contribution in [0.4, 0.5) is 0 Å². The molecular formula is C18H27N3O5. The fraction of sp³-hybridized carbons (Fsp3) is 0.556. The summed E-state index contributed by atoms with van der Waals surface area (Å²) in [7, 11) is 0. The zero-order valence-electron chi connectivity index (χ0n) is 15.1. The van der Waals surface area contributed by atoms with Gasteiger partial charge in [-0.1, -0.05) is 13.0 Å². The zero-order chi connectivity index (χ0) is 19.4. The summed E-state index contributed by atoms with van der Waals surface area (Å²) in [6.07, 6.45) is 4.14. The van der Waals surface area contributed by atoms with E-state index in [1.165, 1.54) is 0 Å². The van der Waals surface area contributed by atoms with Gasteiger partial charge in [0, 0.05) is 19.2 Å². The lowest BCUT2D eigenvalue weighted by Gasteiger charge is -2.20. The number of hydrogen-bond donors (Lipinski definition) is 3. The third-order valence-corrected chi connectivity index (χ3v) is 3.80. The van der Waals surface area contributed by atoms with Gasteiger partial charge >= 0.3 is 11.9 Å². The maximum atomic E-state index is 11.6. The van der Waals surface area contributed by atoms with Crippen LogP contribution in [0.1, 0.15) is 44.7 Å². The number of aromatic nitrogens is 1. The van der Waals surface area contributed by atoms with E-state index in [1.54, 1.807) is 17.2 Å². The fourth-order valence-corrected chi connectivity index (χ4v) is 2.56. The predicted octanol–water partition coefficient (Wildman–Crippen LogP) is 1.51. The van der Waals surface area contributed by atoms with E-state index in [0.29, 0.717) is 45.2 Å². The molecule has 1 rings (SSSR count). The number of pyridine rings is 1. The van der Waals surface area contributed by atoms with Gasteiger partial charge in [0.05, 0.1) is 12.2 Å². The number of carbonyl (C=O) groups is 3. The summed E-state index contributed by atoms with van der Waals surface area (Å²) in [5.74, 6) is -2.23. The Hall–Kier alpha value is -2.48. The van der Waals surface area contributed by atoms with E-state index in [1.807, 2.05) is 19.1 Å². The third-order valence-electron chi connectivity index (χ3n) is 3.80. The predicted molar refractivity (Wildman–Crippen MR) is 95.5 cm³/mol. The highest BCUT2D eigenvalue weighted by Crippen LogP contribution is 2.07. The second kappa shape index (κ2) is 12.0. The Morgan fingerprint density at radius 3 is 2.58 bits per heavy atom. The van der Waals surface area contributed by atoms with E-state index < -0.39 is 18.0 Å². The summed E-state index contributed by atoms with van der Waals surface area (Å²) in [4.78, 5) is 39.8. The van der Waals surface area contributed by atoms with Gasteiger partial charge in [-0.3, -0.25) is 19.5 Å². The molecule has 1 heterocycles. The average Bonchev–Trinajstić information content (AvgIpc) is 2.57. The van der Waals surface area contributed by atoms with Gasteiger partial charge in [0.25, 0.3) is 0 Å². The van der Waals surface area contributed by atoms with Crippen LogP contribution in [0.25, 0.3) is 0 Å².